The first-order valence-electron chi connectivity index (χ1n) is 20.1. The Labute approximate surface area is 336 Å². The van der Waals surface area contributed by atoms with Crippen molar-refractivity contribution in [2.75, 3.05) is 19.8 Å². The van der Waals surface area contributed by atoms with Gasteiger partial charge >= 0.3 is 6.09 Å². The topological polar surface area (TPSA) is 84.9 Å². The minimum absolute atomic E-state index is 0.243. The van der Waals surface area contributed by atoms with Gasteiger partial charge in [0.25, 0.3) is 0 Å². The van der Waals surface area contributed by atoms with E-state index in [9.17, 15) is 4.79 Å². The normalized spacial score (nSPS) is 21.7. The van der Waals surface area contributed by atoms with Crippen molar-refractivity contribution in [3.05, 3.63) is 179 Å². The first kappa shape index (κ1) is 40.3. The first-order valence-corrected chi connectivity index (χ1v) is 20.1. The lowest BCUT2D eigenvalue weighted by Gasteiger charge is -2.49. The van der Waals surface area contributed by atoms with Crippen molar-refractivity contribution in [1.29, 1.82) is 0 Å². The molecule has 2 fully saturated rings. The summed E-state index contributed by atoms with van der Waals surface area (Å²) in [4.78, 5) is 15.0. The Morgan fingerprint density at radius 2 is 1.09 bits per heavy atom. The molecule has 2 aliphatic rings. The van der Waals surface area contributed by atoms with Crippen LogP contribution < -0.4 is 0 Å². The van der Waals surface area contributed by atoms with Crippen molar-refractivity contribution >= 4 is 6.09 Å². The summed E-state index contributed by atoms with van der Waals surface area (Å²) in [6, 6.07) is 49.9. The van der Waals surface area contributed by atoms with Crippen molar-refractivity contribution in [2.45, 2.75) is 89.0 Å². The Bertz CT molecular complexity index is 1870. The van der Waals surface area contributed by atoms with Gasteiger partial charge in [0, 0.05) is 25.3 Å². The standard InChI is InChI=1S/C48H53NO8/c50-48(55-35-40-26-14-6-15-27-40)49(32-37-20-8-3-9-21-37)30-18-1-2-19-31-51-47-45(53-34-39-24-12-5-13-25-39)44(52-33-38-22-10-4-11-23-38)43-42(56-47)36-54-46(57-43)41-28-16-7-17-29-41/h3-17,20-29,42-47H,1-2,18-19,30-36H2/t42-,43+,44+,45-,46?,47-/m1/s1. The van der Waals surface area contributed by atoms with Crippen LogP contribution >= 0.6 is 0 Å². The highest BCUT2D eigenvalue weighted by Gasteiger charge is 2.52. The molecule has 0 aliphatic carbocycles. The summed E-state index contributed by atoms with van der Waals surface area (Å²) >= 11 is 0. The molecule has 7 rings (SSSR count). The molecule has 5 aromatic rings. The Hall–Kier alpha value is -4.87. The van der Waals surface area contributed by atoms with E-state index in [1.807, 2.05) is 140 Å². The predicted molar refractivity (Wildman–Crippen MR) is 217 cm³/mol. The van der Waals surface area contributed by atoms with Crippen LogP contribution in [0.1, 0.15) is 59.8 Å². The minimum Gasteiger partial charge on any atom is -0.445 e. The highest BCUT2D eigenvalue weighted by atomic mass is 16.8. The lowest BCUT2D eigenvalue weighted by atomic mass is 9.97. The zero-order valence-electron chi connectivity index (χ0n) is 32.4. The maximum atomic E-state index is 13.2. The van der Waals surface area contributed by atoms with Crippen LogP contribution in [0, 0.1) is 0 Å². The molecular formula is C48H53NO8. The Morgan fingerprint density at radius 3 is 1.70 bits per heavy atom. The molecule has 0 saturated carbocycles. The molecule has 9 nitrogen and oxygen atoms in total. The highest BCUT2D eigenvalue weighted by molar-refractivity contribution is 5.67. The van der Waals surface area contributed by atoms with Gasteiger partial charge in [-0.1, -0.05) is 165 Å². The molecule has 0 radical (unpaired) electrons. The molecule has 2 saturated heterocycles. The molecule has 1 unspecified atom stereocenters. The number of rotatable bonds is 19. The molecule has 0 aromatic heterocycles. The summed E-state index contributed by atoms with van der Waals surface area (Å²) in [5, 5.41) is 0. The van der Waals surface area contributed by atoms with E-state index in [1.54, 1.807) is 4.90 Å². The summed E-state index contributed by atoms with van der Waals surface area (Å²) < 4.78 is 45.1. The second-order valence-corrected chi connectivity index (χ2v) is 14.5. The zero-order chi connectivity index (χ0) is 38.9. The Morgan fingerprint density at radius 1 is 0.561 bits per heavy atom. The van der Waals surface area contributed by atoms with Crippen molar-refractivity contribution in [3.8, 4) is 0 Å². The molecule has 2 aliphatic heterocycles. The maximum Gasteiger partial charge on any atom is 0.410 e. The Kier molecular flexibility index (Phi) is 15.3. The van der Waals surface area contributed by atoms with E-state index in [-0.39, 0.29) is 12.7 Å². The third-order valence-electron chi connectivity index (χ3n) is 10.2. The molecule has 5 aromatic carbocycles. The number of hydrogen-bond donors (Lipinski definition) is 0. The number of unbranched alkanes of at least 4 members (excludes halogenated alkanes) is 3. The highest BCUT2D eigenvalue weighted by Crippen LogP contribution is 2.37. The van der Waals surface area contributed by atoms with Gasteiger partial charge in [-0.15, -0.1) is 0 Å². The van der Waals surface area contributed by atoms with Gasteiger partial charge in [-0.05, 0) is 35.1 Å². The average Bonchev–Trinajstić information content (AvgIpc) is 3.27. The van der Waals surface area contributed by atoms with Gasteiger partial charge < -0.3 is 38.1 Å². The van der Waals surface area contributed by atoms with Gasteiger partial charge in [-0.2, -0.15) is 0 Å². The van der Waals surface area contributed by atoms with E-state index < -0.39 is 37.0 Å². The number of hydrogen-bond acceptors (Lipinski definition) is 8. The maximum absolute atomic E-state index is 13.2. The fourth-order valence-corrected chi connectivity index (χ4v) is 7.17. The SMILES string of the molecule is O=C(OCc1ccccc1)N(CCCCCCO[C@@H]1O[C@@H]2COC(c3ccccc3)O[C@@H]2[C@H](OCc2ccccc2)[C@H]1OCc1ccccc1)Cc1ccccc1. The van der Waals surface area contributed by atoms with E-state index >= 15 is 0 Å². The molecule has 6 atom stereocenters. The van der Waals surface area contributed by atoms with E-state index in [2.05, 4.69) is 12.1 Å². The van der Waals surface area contributed by atoms with Crippen molar-refractivity contribution in [3.63, 3.8) is 0 Å². The van der Waals surface area contributed by atoms with Crippen LogP contribution in [0.3, 0.4) is 0 Å². The third-order valence-corrected chi connectivity index (χ3v) is 10.2. The van der Waals surface area contributed by atoms with Gasteiger partial charge in [-0.3, -0.25) is 0 Å². The van der Waals surface area contributed by atoms with Gasteiger partial charge in [-0.25, -0.2) is 4.79 Å². The molecule has 298 valence electrons. The summed E-state index contributed by atoms with van der Waals surface area (Å²) in [7, 11) is 0. The number of nitrogens with zero attached hydrogens (tertiary/aromatic N) is 1. The van der Waals surface area contributed by atoms with Crippen LogP contribution in [0.5, 0.6) is 0 Å². The molecule has 2 heterocycles. The van der Waals surface area contributed by atoms with Crippen molar-refractivity contribution in [1.82, 2.24) is 4.90 Å². The number of fused-ring (bicyclic) bond motifs is 1. The number of carbonyl (C=O) groups is 1. The van der Waals surface area contributed by atoms with Crippen molar-refractivity contribution < 1.29 is 38.0 Å². The van der Waals surface area contributed by atoms with E-state index in [4.69, 9.17) is 33.2 Å². The summed E-state index contributed by atoms with van der Waals surface area (Å²) in [5.74, 6) is 0. The molecular weight excluding hydrogens is 719 g/mol. The minimum atomic E-state index is -0.697. The van der Waals surface area contributed by atoms with Crippen LogP contribution in [0.2, 0.25) is 0 Å². The molecule has 0 spiro atoms. The number of amides is 1. The number of ether oxygens (including phenoxy) is 7. The average molecular weight is 772 g/mol. The third kappa shape index (κ3) is 12.1. The van der Waals surface area contributed by atoms with Crippen LogP contribution in [-0.4, -0.2) is 61.5 Å². The van der Waals surface area contributed by atoms with Crippen LogP contribution in [0.25, 0.3) is 0 Å². The molecule has 9 heteroatoms. The van der Waals surface area contributed by atoms with Gasteiger partial charge in [0.05, 0.1) is 19.8 Å². The monoisotopic (exact) mass is 771 g/mol. The summed E-state index contributed by atoms with van der Waals surface area (Å²) in [6.07, 6.45) is 0.00939. The van der Waals surface area contributed by atoms with Crippen LogP contribution in [0.15, 0.2) is 152 Å². The molecule has 1 amide bonds. The van der Waals surface area contributed by atoms with E-state index in [1.165, 1.54) is 0 Å². The van der Waals surface area contributed by atoms with E-state index in [0.29, 0.717) is 39.5 Å². The molecule has 0 bridgehead atoms. The first-order chi connectivity index (χ1) is 28.2. The van der Waals surface area contributed by atoms with Gasteiger partial charge in [0.1, 0.15) is 31.0 Å². The van der Waals surface area contributed by atoms with E-state index in [0.717, 1.165) is 53.5 Å². The second-order valence-electron chi connectivity index (χ2n) is 14.5. The summed E-state index contributed by atoms with van der Waals surface area (Å²) in [5.41, 5.74) is 5.06. The number of carbonyl (C=O) groups excluding carboxylic acids is 1. The lowest BCUT2D eigenvalue weighted by molar-refractivity contribution is -0.372. The van der Waals surface area contributed by atoms with Crippen LogP contribution in [0.4, 0.5) is 4.79 Å². The molecule has 0 N–H and O–H groups in total. The zero-order valence-corrected chi connectivity index (χ0v) is 32.4. The number of benzene rings is 5. The largest absolute Gasteiger partial charge is 0.445 e. The van der Waals surface area contributed by atoms with Gasteiger partial charge in [0.2, 0.25) is 0 Å². The smallest absolute Gasteiger partial charge is 0.410 e. The fraction of sp³-hybridized carbons (Fsp3) is 0.354. The quantitative estimate of drug-likeness (QED) is 0.0769. The van der Waals surface area contributed by atoms with Crippen molar-refractivity contribution in [2.24, 2.45) is 0 Å². The fourth-order valence-electron chi connectivity index (χ4n) is 7.17. The molecule has 57 heavy (non-hydrogen) atoms. The lowest BCUT2D eigenvalue weighted by Crippen LogP contribution is -2.63. The second kappa shape index (κ2) is 21.6. The van der Waals surface area contributed by atoms with Crippen LogP contribution in [-0.2, 0) is 59.5 Å². The predicted octanol–water partition coefficient (Wildman–Crippen LogP) is 9.41. The summed E-state index contributed by atoms with van der Waals surface area (Å²) in [6.45, 7) is 2.88. The van der Waals surface area contributed by atoms with Gasteiger partial charge in [0.15, 0.2) is 12.6 Å². The Balaban J connectivity index is 0.968.